The molecule has 12 nitrogen and oxygen atoms in total. The molecule has 2 saturated heterocycles. The van der Waals surface area contributed by atoms with Crippen LogP contribution in [0.15, 0.2) is 64.3 Å². The van der Waals surface area contributed by atoms with Crippen LogP contribution in [-0.2, 0) is 32.7 Å². The van der Waals surface area contributed by atoms with Gasteiger partial charge >= 0.3 is 6.09 Å². The van der Waals surface area contributed by atoms with E-state index in [0.717, 1.165) is 18.4 Å². The number of H-pyrrole nitrogens is 1. The van der Waals surface area contributed by atoms with Crippen LogP contribution in [0.1, 0.15) is 55.4 Å². The zero-order valence-electron chi connectivity index (χ0n) is 22.5. The first-order chi connectivity index (χ1) is 20.0. The fourth-order valence-corrected chi connectivity index (χ4v) is 6.86. The lowest BCUT2D eigenvalue weighted by atomic mass is 10.0. The summed E-state index contributed by atoms with van der Waals surface area (Å²) in [6.45, 7) is 1.76. The molecule has 1 amide bonds. The molecular formula is C28H32N6O6S. The van der Waals surface area contributed by atoms with Crippen molar-refractivity contribution in [1.82, 2.24) is 29.3 Å². The fraction of sp³-hybridized carbons (Fsp3) is 0.429. The van der Waals surface area contributed by atoms with Gasteiger partial charge in [0.05, 0.1) is 23.2 Å². The van der Waals surface area contributed by atoms with Crippen molar-refractivity contribution in [3.8, 4) is 0 Å². The molecule has 1 atom stereocenters. The maximum atomic E-state index is 13.6. The lowest BCUT2D eigenvalue weighted by molar-refractivity contribution is -0.0130. The predicted molar refractivity (Wildman–Crippen MR) is 147 cm³/mol. The van der Waals surface area contributed by atoms with Crippen LogP contribution in [0.3, 0.4) is 0 Å². The zero-order valence-corrected chi connectivity index (χ0v) is 23.3. The third kappa shape index (κ3) is 6.11. The third-order valence-corrected chi connectivity index (χ3v) is 9.24. The number of piperidine rings is 2. The molecule has 1 N–H and O–H groups in total. The topological polar surface area (TPSA) is 144 Å². The number of carbonyl (C=O) groups is 1. The van der Waals surface area contributed by atoms with Crippen LogP contribution in [-0.4, -0.2) is 69.6 Å². The molecule has 41 heavy (non-hydrogen) atoms. The van der Waals surface area contributed by atoms with E-state index in [1.165, 1.54) is 4.31 Å². The van der Waals surface area contributed by atoms with E-state index in [4.69, 9.17) is 14.0 Å². The molecule has 0 spiro atoms. The molecule has 2 fully saturated rings. The maximum absolute atomic E-state index is 13.6. The Hall–Kier alpha value is -3.81. The van der Waals surface area contributed by atoms with Crippen LogP contribution in [0.5, 0.6) is 0 Å². The molecule has 6 rings (SSSR count). The van der Waals surface area contributed by atoms with Gasteiger partial charge < -0.3 is 23.9 Å². The molecule has 4 heterocycles. The average Bonchev–Trinajstić information content (AvgIpc) is 3.68. The van der Waals surface area contributed by atoms with Crippen LogP contribution >= 0.6 is 0 Å². The summed E-state index contributed by atoms with van der Waals surface area (Å²) in [6.07, 6.45) is 3.09. The molecule has 4 aromatic rings. The number of likely N-dealkylation sites (tertiary alicyclic amines) is 1. The minimum absolute atomic E-state index is 0.0665. The number of aromatic nitrogens is 4. The molecule has 216 valence electrons. The molecule has 2 aromatic carbocycles. The maximum Gasteiger partial charge on any atom is 0.410 e. The molecule has 13 heteroatoms. The van der Waals surface area contributed by atoms with E-state index in [9.17, 15) is 13.2 Å². The lowest BCUT2D eigenvalue weighted by Crippen LogP contribution is -2.41. The van der Waals surface area contributed by atoms with E-state index in [0.29, 0.717) is 55.8 Å². The number of carbonyl (C=O) groups excluding carboxylic acids is 1. The van der Waals surface area contributed by atoms with Gasteiger partial charge in [0, 0.05) is 19.6 Å². The summed E-state index contributed by atoms with van der Waals surface area (Å²) in [7, 11) is -3.90. The number of para-hydroxylation sites is 2. The summed E-state index contributed by atoms with van der Waals surface area (Å²) in [5, 5.41) is 4.02. The standard InChI is InChI=1S/C28H32N6O6S/c35-28(39-18-20-8-2-1-3-9-20)33-16-13-21(14-17-33)38-19-25-31-26(32-40-25)24-12-6-7-15-34(24)41(36,37)27-29-22-10-4-5-11-23(22)30-27/h1-5,8-11,21,24H,6-7,12-19H2,(H,29,30)/t24-/m0/s1. The number of hydrogen-bond donors (Lipinski definition) is 1. The molecule has 0 radical (unpaired) electrons. The van der Waals surface area contributed by atoms with Gasteiger partial charge in [-0.25, -0.2) is 18.2 Å². The van der Waals surface area contributed by atoms with E-state index >= 15 is 0 Å². The number of fused-ring (bicyclic) bond motifs is 1. The van der Waals surface area contributed by atoms with Gasteiger partial charge in [0.1, 0.15) is 13.2 Å². The lowest BCUT2D eigenvalue weighted by Gasteiger charge is -2.31. The summed E-state index contributed by atoms with van der Waals surface area (Å²) in [5.74, 6) is 0.607. The fourth-order valence-electron chi connectivity index (χ4n) is 5.28. The first kappa shape index (κ1) is 27.4. The van der Waals surface area contributed by atoms with Crippen LogP contribution in [0, 0.1) is 0 Å². The molecular weight excluding hydrogens is 548 g/mol. The number of ether oxygens (including phenoxy) is 2. The van der Waals surface area contributed by atoms with Gasteiger partial charge in [0.2, 0.25) is 5.16 Å². The van der Waals surface area contributed by atoms with Crippen molar-refractivity contribution in [3.05, 3.63) is 71.9 Å². The molecule has 0 saturated carbocycles. The van der Waals surface area contributed by atoms with Crippen LogP contribution in [0.25, 0.3) is 11.0 Å². The molecule has 0 aliphatic carbocycles. The van der Waals surface area contributed by atoms with Gasteiger partial charge in [-0.05, 0) is 43.4 Å². The van der Waals surface area contributed by atoms with E-state index in [2.05, 4.69) is 20.1 Å². The minimum Gasteiger partial charge on any atom is -0.445 e. The Labute approximate surface area is 237 Å². The number of imidazole rings is 1. The molecule has 2 aromatic heterocycles. The second kappa shape index (κ2) is 12.0. The first-order valence-corrected chi connectivity index (χ1v) is 15.3. The largest absolute Gasteiger partial charge is 0.445 e. The Morgan fingerprint density at radius 3 is 2.54 bits per heavy atom. The number of hydrogen-bond acceptors (Lipinski definition) is 9. The van der Waals surface area contributed by atoms with Gasteiger partial charge in [-0.15, -0.1) is 0 Å². The van der Waals surface area contributed by atoms with Crippen molar-refractivity contribution in [2.75, 3.05) is 19.6 Å². The Balaban J connectivity index is 1.03. The van der Waals surface area contributed by atoms with E-state index in [1.54, 1.807) is 17.0 Å². The van der Waals surface area contributed by atoms with Crippen molar-refractivity contribution in [3.63, 3.8) is 0 Å². The number of aromatic amines is 1. The summed E-state index contributed by atoms with van der Waals surface area (Å²) in [4.78, 5) is 25.8. The number of benzene rings is 2. The van der Waals surface area contributed by atoms with Crippen molar-refractivity contribution in [2.24, 2.45) is 0 Å². The average molecular weight is 581 g/mol. The molecule has 2 aliphatic heterocycles. The first-order valence-electron chi connectivity index (χ1n) is 13.8. The van der Waals surface area contributed by atoms with Gasteiger partial charge in [-0.1, -0.05) is 54.0 Å². The van der Waals surface area contributed by atoms with Gasteiger partial charge in [-0.3, -0.25) is 0 Å². The van der Waals surface area contributed by atoms with Crippen molar-refractivity contribution >= 4 is 27.1 Å². The Kier molecular flexibility index (Phi) is 7.99. The smallest absolute Gasteiger partial charge is 0.410 e. The summed E-state index contributed by atoms with van der Waals surface area (Å²) >= 11 is 0. The predicted octanol–water partition coefficient (Wildman–Crippen LogP) is 4.18. The Bertz CT molecular complexity index is 1550. The van der Waals surface area contributed by atoms with E-state index < -0.39 is 16.1 Å². The monoisotopic (exact) mass is 580 g/mol. The van der Waals surface area contributed by atoms with Crippen LogP contribution in [0.2, 0.25) is 0 Å². The highest BCUT2D eigenvalue weighted by Crippen LogP contribution is 2.34. The van der Waals surface area contributed by atoms with Crippen molar-refractivity contribution < 1.29 is 27.2 Å². The van der Waals surface area contributed by atoms with E-state index in [-0.39, 0.29) is 36.5 Å². The van der Waals surface area contributed by atoms with Crippen LogP contribution in [0.4, 0.5) is 4.79 Å². The number of rotatable bonds is 8. The number of nitrogens with zero attached hydrogens (tertiary/aromatic N) is 5. The normalized spacial score (nSPS) is 19.0. The summed E-state index contributed by atoms with van der Waals surface area (Å²) in [5.41, 5.74) is 2.20. The molecule has 0 bridgehead atoms. The van der Waals surface area contributed by atoms with Crippen molar-refractivity contribution in [1.29, 1.82) is 0 Å². The number of sulfonamides is 1. The minimum atomic E-state index is -3.90. The zero-order chi connectivity index (χ0) is 28.2. The Morgan fingerprint density at radius 2 is 1.73 bits per heavy atom. The quantitative estimate of drug-likeness (QED) is 0.325. The van der Waals surface area contributed by atoms with Gasteiger partial charge in [-0.2, -0.15) is 9.29 Å². The Morgan fingerprint density at radius 1 is 0.951 bits per heavy atom. The second-order valence-electron chi connectivity index (χ2n) is 10.3. The second-order valence-corrected chi connectivity index (χ2v) is 12.1. The van der Waals surface area contributed by atoms with Crippen LogP contribution < -0.4 is 0 Å². The highest BCUT2D eigenvalue weighted by atomic mass is 32.2. The van der Waals surface area contributed by atoms with E-state index in [1.807, 2.05) is 42.5 Å². The highest BCUT2D eigenvalue weighted by Gasteiger charge is 2.39. The number of nitrogens with one attached hydrogen (secondary N) is 1. The highest BCUT2D eigenvalue weighted by molar-refractivity contribution is 7.89. The summed E-state index contributed by atoms with van der Waals surface area (Å²) < 4.78 is 45.4. The number of amides is 1. The van der Waals surface area contributed by atoms with Gasteiger partial charge in [0.15, 0.2) is 5.82 Å². The third-order valence-electron chi connectivity index (χ3n) is 7.50. The molecule has 0 unspecified atom stereocenters. The SMILES string of the molecule is O=C(OCc1ccccc1)N1CCC(OCc2nc([C@@H]3CCCCN3S(=O)(=O)c3nc4ccccc4[nH]3)no2)CC1. The van der Waals surface area contributed by atoms with Crippen molar-refractivity contribution in [2.45, 2.75) is 62.6 Å². The summed E-state index contributed by atoms with van der Waals surface area (Å²) in [6, 6.07) is 16.2. The molecule has 2 aliphatic rings. The van der Waals surface area contributed by atoms with Gasteiger partial charge in [0.25, 0.3) is 15.9 Å².